The molecule has 0 spiro atoms. The van der Waals surface area contributed by atoms with Gasteiger partial charge in [-0.3, -0.25) is 0 Å². The lowest BCUT2D eigenvalue weighted by atomic mass is 9.96. The number of hydrogen-bond donors (Lipinski definition) is 1. The van der Waals surface area contributed by atoms with Gasteiger partial charge in [-0.05, 0) is 38.8 Å². The van der Waals surface area contributed by atoms with Gasteiger partial charge in [0.15, 0.2) is 0 Å². The van der Waals surface area contributed by atoms with Crippen molar-refractivity contribution in [1.29, 1.82) is 0 Å². The molecular formula is C17H23NO4. The number of benzene rings is 1. The van der Waals surface area contributed by atoms with Crippen molar-refractivity contribution in [3.8, 4) is 0 Å². The fourth-order valence-electron chi connectivity index (χ4n) is 2.67. The van der Waals surface area contributed by atoms with Crippen molar-refractivity contribution in [2.45, 2.75) is 51.7 Å². The maximum Gasteiger partial charge on any atom is 0.408 e. The average Bonchev–Trinajstić information content (AvgIpc) is 2.75. The summed E-state index contributed by atoms with van der Waals surface area (Å²) in [5.74, 6) is -0.419. The fourth-order valence-corrected chi connectivity index (χ4v) is 2.67. The minimum absolute atomic E-state index is 0.271. The Morgan fingerprint density at radius 3 is 2.18 bits per heavy atom. The highest BCUT2D eigenvalue weighted by molar-refractivity contribution is 5.87. The number of carbonyl (C=O) groups is 2. The van der Waals surface area contributed by atoms with Crippen LogP contribution in [0.15, 0.2) is 24.3 Å². The number of amides is 1. The molecule has 0 aromatic heterocycles. The van der Waals surface area contributed by atoms with Crippen molar-refractivity contribution in [2.24, 2.45) is 0 Å². The minimum atomic E-state index is -1.08. The van der Waals surface area contributed by atoms with Crippen LogP contribution >= 0.6 is 0 Å². The second-order valence-corrected chi connectivity index (χ2v) is 6.55. The molecule has 0 fully saturated rings. The highest BCUT2D eigenvalue weighted by Gasteiger charge is 2.47. The maximum absolute atomic E-state index is 12.4. The molecule has 0 saturated heterocycles. The number of hydrogen-bond acceptors (Lipinski definition) is 4. The summed E-state index contributed by atoms with van der Waals surface area (Å²) in [4.78, 5) is 24.6. The summed E-state index contributed by atoms with van der Waals surface area (Å²) in [6.45, 7) is 7.38. The quantitative estimate of drug-likeness (QED) is 0.872. The summed E-state index contributed by atoms with van der Waals surface area (Å²) in [6.07, 6.45) is 0.232. The first-order valence-electron chi connectivity index (χ1n) is 7.51. The van der Waals surface area contributed by atoms with Crippen molar-refractivity contribution < 1.29 is 19.1 Å². The van der Waals surface area contributed by atoms with Crippen LogP contribution in [-0.2, 0) is 27.1 Å². The van der Waals surface area contributed by atoms with E-state index in [0.29, 0.717) is 12.8 Å². The lowest BCUT2D eigenvalue weighted by Crippen LogP contribution is -2.57. The topological polar surface area (TPSA) is 64.6 Å². The zero-order valence-electron chi connectivity index (χ0n) is 13.6. The lowest BCUT2D eigenvalue weighted by Gasteiger charge is -2.29. The number of fused-ring (bicyclic) bond motifs is 1. The lowest BCUT2D eigenvalue weighted by molar-refractivity contribution is -0.150. The van der Waals surface area contributed by atoms with Crippen molar-refractivity contribution in [2.75, 3.05) is 6.61 Å². The largest absolute Gasteiger partial charge is 0.464 e. The van der Waals surface area contributed by atoms with E-state index in [1.807, 2.05) is 24.3 Å². The van der Waals surface area contributed by atoms with E-state index in [4.69, 9.17) is 9.47 Å². The smallest absolute Gasteiger partial charge is 0.408 e. The number of nitrogens with one attached hydrogen (secondary N) is 1. The molecule has 0 unspecified atom stereocenters. The van der Waals surface area contributed by atoms with Gasteiger partial charge < -0.3 is 14.8 Å². The van der Waals surface area contributed by atoms with Crippen LogP contribution < -0.4 is 5.32 Å². The Balaban J connectivity index is 2.22. The zero-order chi connectivity index (χ0) is 16.4. The van der Waals surface area contributed by atoms with E-state index >= 15 is 0 Å². The van der Waals surface area contributed by atoms with Gasteiger partial charge in [-0.15, -0.1) is 0 Å². The van der Waals surface area contributed by atoms with Crippen LogP contribution in [0.25, 0.3) is 0 Å². The molecule has 1 aromatic carbocycles. The molecule has 1 aliphatic rings. The summed E-state index contributed by atoms with van der Waals surface area (Å²) in [5.41, 5.74) is 0.395. The van der Waals surface area contributed by atoms with E-state index in [2.05, 4.69) is 5.32 Å². The molecule has 1 amide bonds. The predicted octanol–water partition coefficient (Wildman–Crippen LogP) is 2.61. The van der Waals surface area contributed by atoms with Gasteiger partial charge in [0.1, 0.15) is 11.1 Å². The molecule has 0 radical (unpaired) electrons. The van der Waals surface area contributed by atoms with Crippen molar-refractivity contribution in [1.82, 2.24) is 5.32 Å². The van der Waals surface area contributed by atoms with Gasteiger partial charge in [0, 0.05) is 12.8 Å². The first-order chi connectivity index (χ1) is 10.3. The third-order valence-corrected chi connectivity index (χ3v) is 3.51. The Labute approximate surface area is 131 Å². The number of carbonyl (C=O) groups excluding carboxylic acids is 2. The van der Waals surface area contributed by atoms with Gasteiger partial charge in [0.2, 0.25) is 0 Å². The molecule has 0 heterocycles. The van der Waals surface area contributed by atoms with Crippen LogP contribution in [0.1, 0.15) is 38.8 Å². The van der Waals surface area contributed by atoms with Crippen LogP contribution in [0.5, 0.6) is 0 Å². The van der Waals surface area contributed by atoms with Crippen LogP contribution in [0, 0.1) is 0 Å². The summed E-state index contributed by atoms with van der Waals surface area (Å²) in [7, 11) is 0. The number of rotatable bonds is 3. The van der Waals surface area contributed by atoms with E-state index in [1.165, 1.54) is 0 Å². The molecule has 22 heavy (non-hydrogen) atoms. The van der Waals surface area contributed by atoms with Gasteiger partial charge in [-0.2, -0.15) is 0 Å². The number of esters is 1. The van der Waals surface area contributed by atoms with Gasteiger partial charge in [-0.25, -0.2) is 9.59 Å². The highest BCUT2D eigenvalue weighted by Crippen LogP contribution is 2.31. The second kappa shape index (κ2) is 5.99. The Hall–Kier alpha value is -2.04. The van der Waals surface area contributed by atoms with Gasteiger partial charge in [0.25, 0.3) is 0 Å². The van der Waals surface area contributed by atoms with Crippen LogP contribution in [-0.4, -0.2) is 29.8 Å². The fraction of sp³-hybridized carbons (Fsp3) is 0.529. The molecule has 1 aromatic rings. The maximum atomic E-state index is 12.4. The molecule has 0 aliphatic heterocycles. The third-order valence-electron chi connectivity index (χ3n) is 3.51. The average molecular weight is 305 g/mol. The molecule has 5 heteroatoms. The SMILES string of the molecule is CCOC(=O)C1(NC(=O)OC(C)(C)C)Cc2ccccc2C1. The van der Waals surface area contributed by atoms with Crippen LogP contribution in [0.3, 0.4) is 0 Å². The molecule has 1 N–H and O–H groups in total. The Kier molecular flexibility index (Phi) is 4.44. The molecule has 0 bridgehead atoms. The molecule has 0 saturated carbocycles. The summed E-state index contributed by atoms with van der Waals surface area (Å²) in [6, 6.07) is 7.78. The zero-order valence-corrected chi connectivity index (χ0v) is 13.6. The van der Waals surface area contributed by atoms with E-state index < -0.39 is 23.2 Å². The molecule has 120 valence electrons. The predicted molar refractivity (Wildman–Crippen MR) is 82.6 cm³/mol. The molecule has 5 nitrogen and oxygen atoms in total. The van der Waals surface area contributed by atoms with Crippen molar-refractivity contribution >= 4 is 12.1 Å². The monoisotopic (exact) mass is 305 g/mol. The standard InChI is InChI=1S/C17H23NO4/c1-5-21-14(19)17(18-15(20)22-16(2,3)4)10-12-8-6-7-9-13(12)11-17/h6-9H,5,10-11H2,1-4H3,(H,18,20). The molecular weight excluding hydrogens is 282 g/mol. The first-order valence-corrected chi connectivity index (χ1v) is 7.51. The summed E-state index contributed by atoms with van der Waals surface area (Å²) >= 11 is 0. The van der Waals surface area contributed by atoms with E-state index in [0.717, 1.165) is 11.1 Å². The van der Waals surface area contributed by atoms with Gasteiger partial charge >= 0.3 is 12.1 Å². The first kappa shape index (κ1) is 16.3. The van der Waals surface area contributed by atoms with E-state index in [-0.39, 0.29) is 6.61 Å². The van der Waals surface area contributed by atoms with Gasteiger partial charge in [-0.1, -0.05) is 24.3 Å². The third kappa shape index (κ3) is 3.59. The molecule has 0 atom stereocenters. The Morgan fingerprint density at radius 1 is 1.18 bits per heavy atom. The van der Waals surface area contributed by atoms with Crippen LogP contribution in [0.2, 0.25) is 0 Å². The summed E-state index contributed by atoms with van der Waals surface area (Å²) < 4.78 is 10.5. The molecule has 1 aliphatic carbocycles. The molecule has 2 rings (SSSR count). The number of alkyl carbamates (subject to hydrolysis) is 1. The van der Waals surface area contributed by atoms with Gasteiger partial charge in [0.05, 0.1) is 6.61 Å². The van der Waals surface area contributed by atoms with E-state index in [9.17, 15) is 9.59 Å². The minimum Gasteiger partial charge on any atom is -0.464 e. The number of ether oxygens (including phenoxy) is 2. The van der Waals surface area contributed by atoms with Crippen LogP contribution in [0.4, 0.5) is 4.79 Å². The highest BCUT2D eigenvalue weighted by atomic mass is 16.6. The summed E-state index contributed by atoms with van der Waals surface area (Å²) in [5, 5.41) is 2.74. The second-order valence-electron chi connectivity index (χ2n) is 6.55. The Morgan fingerprint density at radius 2 is 1.73 bits per heavy atom. The van der Waals surface area contributed by atoms with Crippen molar-refractivity contribution in [3.63, 3.8) is 0 Å². The Bertz CT molecular complexity index is 549. The van der Waals surface area contributed by atoms with Crippen molar-refractivity contribution in [3.05, 3.63) is 35.4 Å². The van der Waals surface area contributed by atoms with E-state index in [1.54, 1.807) is 27.7 Å². The normalized spacial score (nSPS) is 15.8.